The van der Waals surface area contributed by atoms with Gasteiger partial charge in [-0.3, -0.25) is 4.79 Å². The van der Waals surface area contributed by atoms with E-state index in [2.05, 4.69) is 27.0 Å². The molecule has 0 radical (unpaired) electrons. The Hall–Kier alpha value is -2.05. The minimum absolute atomic E-state index is 0.000499. The van der Waals surface area contributed by atoms with Crippen LogP contribution in [0.15, 0.2) is 24.4 Å². The third-order valence-corrected chi connectivity index (χ3v) is 6.30. The normalized spacial score (nSPS) is 16.7. The largest absolute Gasteiger partial charge is 0.399 e. The lowest BCUT2D eigenvalue weighted by Gasteiger charge is -2.25. The van der Waals surface area contributed by atoms with Crippen LogP contribution >= 0.6 is 22.9 Å². The number of amides is 1. The molecule has 2 heterocycles. The molecule has 0 saturated carbocycles. The molecule has 1 aliphatic carbocycles. The van der Waals surface area contributed by atoms with E-state index in [4.69, 9.17) is 17.3 Å². The van der Waals surface area contributed by atoms with Gasteiger partial charge in [0.25, 0.3) is 0 Å². The lowest BCUT2D eigenvalue weighted by Crippen LogP contribution is -2.41. The zero-order valence-corrected chi connectivity index (χ0v) is 17.0. The van der Waals surface area contributed by atoms with Gasteiger partial charge in [0.05, 0.1) is 6.54 Å². The summed E-state index contributed by atoms with van der Waals surface area (Å²) >= 11 is 7.53. The number of carbonyl (C=O) groups is 1. The van der Waals surface area contributed by atoms with Gasteiger partial charge in [-0.2, -0.15) is 0 Å². The Labute approximate surface area is 167 Å². The summed E-state index contributed by atoms with van der Waals surface area (Å²) < 4.78 is 2.92. The molecule has 0 fully saturated rings. The minimum Gasteiger partial charge on any atom is -0.399 e. The van der Waals surface area contributed by atoms with E-state index in [-0.39, 0.29) is 17.9 Å². The topological polar surface area (TPSA) is 72.9 Å². The van der Waals surface area contributed by atoms with Crippen molar-refractivity contribution in [2.75, 3.05) is 5.73 Å². The van der Waals surface area contributed by atoms with Crippen LogP contribution in [-0.4, -0.2) is 21.5 Å². The van der Waals surface area contributed by atoms with Gasteiger partial charge in [-0.1, -0.05) is 25.4 Å². The van der Waals surface area contributed by atoms with Crippen molar-refractivity contribution < 1.29 is 4.79 Å². The number of aromatic nitrogens is 2. The summed E-state index contributed by atoms with van der Waals surface area (Å²) in [6.45, 7) is 4.61. The van der Waals surface area contributed by atoms with Crippen LogP contribution in [0.3, 0.4) is 0 Å². The predicted molar refractivity (Wildman–Crippen MR) is 111 cm³/mol. The second-order valence-electron chi connectivity index (χ2n) is 7.47. The molecule has 4 rings (SSSR count). The number of nitrogens with zero attached hydrogens (tertiary/aromatic N) is 2. The summed E-state index contributed by atoms with van der Waals surface area (Å²) in [5.74, 6) is 0.116. The van der Waals surface area contributed by atoms with Crippen molar-refractivity contribution in [1.29, 1.82) is 0 Å². The highest BCUT2D eigenvalue weighted by molar-refractivity contribution is 7.15. The molecule has 1 unspecified atom stereocenters. The molecule has 1 amide bonds. The van der Waals surface area contributed by atoms with Gasteiger partial charge in [-0.05, 0) is 43.0 Å². The van der Waals surface area contributed by atoms with Crippen LogP contribution in [0.25, 0.3) is 10.9 Å². The molecule has 142 valence electrons. The zero-order valence-electron chi connectivity index (χ0n) is 15.5. The van der Waals surface area contributed by atoms with E-state index < -0.39 is 0 Å². The minimum atomic E-state index is -0.000499. The highest BCUT2D eigenvalue weighted by atomic mass is 35.5. The molecule has 5 nitrogen and oxygen atoms in total. The number of halogens is 1. The second-order valence-corrected chi connectivity index (χ2v) is 9.17. The maximum Gasteiger partial charge on any atom is 0.222 e. The van der Waals surface area contributed by atoms with Gasteiger partial charge >= 0.3 is 0 Å². The fourth-order valence-electron chi connectivity index (χ4n) is 3.85. The first-order valence-electron chi connectivity index (χ1n) is 9.22. The summed E-state index contributed by atoms with van der Waals surface area (Å²) in [6.07, 6.45) is 4.56. The number of fused-ring (bicyclic) bond motifs is 3. The molecule has 27 heavy (non-hydrogen) atoms. The first-order chi connectivity index (χ1) is 12.9. The quantitative estimate of drug-likeness (QED) is 0.647. The van der Waals surface area contributed by atoms with Crippen LogP contribution in [0.4, 0.5) is 5.69 Å². The molecular formula is C20H23ClN4OS. The third kappa shape index (κ3) is 3.56. The van der Waals surface area contributed by atoms with Gasteiger partial charge in [0.2, 0.25) is 5.91 Å². The van der Waals surface area contributed by atoms with Crippen LogP contribution in [0.5, 0.6) is 0 Å². The van der Waals surface area contributed by atoms with Gasteiger partial charge in [0.1, 0.15) is 0 Å². The molecule has 7 heteroatoms. The van der Waals surface area contributed by atoms with Crippen LogP contribution in [0.1, 0.15) is 36.4 Å². The highest BCUT2D eigenvalue weighted by Crippen LogP contribution is 2.34. The van der Waals surface area contributed by atoms with E-state index in [0.29, 0.717) is 4.47 Å². The van der Waals surface area contributed by atoms with E-state index in [1.165, 1.54) is 33.5 Å². The molecule has 0 spiro atoms. The molecule has 1 atom stereocenters. The standard InChI is InChI=1S/C20H23ClN4OS/c1-11(2)19(26)24-13-4-6-18-16(8-13)15-7-12(22)3-5-17(15)25(18)10-14-9-23-20(21)27-14/h3,5,7,9,11,13H,4,6,8,10,22H2,1-2H3,(H,24,26). The summed E-state index contributed by atoms with van der Waals surface area (Å²) in [5.41, 5.74) is 10.6. The molecule has 1 aliphatic rings. The summed E-state index contributed by atoms with van der Waals surface area (Å²) in [4.78, 5) is 17.4. The number of rotatable bonds is 4. The first kappa shape index (κ1) is 18.3. The van der Waals surface area contributed by atoms with Crippen molar-refractivity contribution in [1.82, 2.24) is 14.9 Å². The average molecular weight is 403 g/mol. The lowest BCUT2D eigenvalue weighted by molar-refractivity contribution is -0.124. The van der Waals surface area contributed by atoms with Crippen molar-refractivity contribution in [3.8, 4) is 0 Å². The summed E-state index contributed by atoms with van der Waals surface area (Å²) in [7, 11) is 0. The van der Waals surface area contributed by atoms with Crippen LogP contribution < -0.4 is 11.1 Å². The number of nitrogen functional groups attached to an aromatic ring is 1. The third-order valence-electron chi connectivity index (χ3n) is 5.20. The lowest BCUT2D eigenvalue weighted by atomic mass is 9.91. The Morgan fingerprint density at radius 2 is 2.30 bits per heavy atom. The van der Waals surface area contributed by atoms with Gasteiger partial charge < -0.3 is 15.6 Å². The number of carbonyl (C=O) groups excluding carboxylic acids is 1. The van der Waals surface area contributed by atoms with Crippen molar-refractivity contribution >= 4 is 45.4 Å². The van der Waals surface area contributed by atoms with Crippen molar-refractivity contribution in [3.63, 3.8) is 0 Å². The molecule has 3 aromatic rings. The summed E-state index contributed by atoms with van der Waals surface area (Å²) in [5, 5.41) is 4.38. The maximum absolute atomic E-state index is 12.1. The maximum atomic E-state index is 12.1. The van der Waals surface area contributed by atoms with Crippen molar-refractivity contribution in [3.05, 3.63) is 45.0 Å². The zero-order chi connectivity index (χ0) is 19.1. The number of hydrogen-bond acceptors (Lipinski definition) is 4. The van der Waals surface area contributed by atoms with Crippen molar-refractivity contribution in [2.45, 2.75) is 45.7 Å². The fraction of sp³-hybridized carbons (Fsp3) is 0.400. The molecule has 3 N–H and O–H groups in total. The number of thiazole rings is 1. The highest BCUT2D eigenvalue weighted by Gasteiger charge is 2.27. The molecule has 0 bridgehead atoms. The second kappa shape index (κ2) is 7.17. The average Bonchev–Trinajstić information content (AvgIpc) is 3.17. The Balaban J connectivity index is 1.73. The van der Waals surface area contributed by atoms with Crippen LogP contribution in [0, 0.1) is 5.92 Å². The van der Waals surface area contributed by atoms with E-state index in [1.54, 1.807) is 0 Å². The Morgan fingerprint density at radius 3 is 3.00 bits per heavy atom. The molecular weight excluding hydrogens is 380 g/mol. The van der Waals surface area contributed by atoms with Gasteiger partial charge in [0.15, 0.2) is 4.47 Å². The fourth-order valence-corrected chi connectivity index (χ4v) is 4.82. The van der Waals surface area contributed by atoms with Crippen LogP contribution in [-0.2, 0) is 24.2 Å². The number of anilines is 1. The number of nitrogens with one attached hydrogen (secondary N) is 1. The van der Waals surface area contributed by atoms with E-state index in [9.17, 15) is 4.79 Å². The SMILES string of the molecule is CC(C)C(=O)NC1CCc2c(c3cc(N)ccc3n2Cc2cnc(Cl)s2)C1. The Morgan fingerprint density at radius 1 is 1.48 bits per heavy atom. The van der Waals surface area contributed by atoms with Gasteiger partial charge in [0, 0.05) is 45.3 Å². The van der Waals surface area contributed by atoms with E-state index in [0.717, 1.165) is 36.4 Å². The number of benzene rings is 1. The monoisotopic (exact) mass is 402 g/mol. The molecule has 1 aromatic carbocycles. The van der Waals surface area contributed by atoms with E-state index >= 15 is 0 Å². The number of nitrogens with two attached hydrogens (primary N) is 1. The van der Waals surface area contributed by atoms with Crippen LogP contribution in [0.2, 0.25) is 4.47 Å². The predicted octanol–water partition coefficient (Wildman–Crippen LogP) is 4.01. The molecule has 0 saturated heterocycles. The molecule has 2 aromatic heterocycles. The van der Waals surface area contributed by atoms with Gasteiger partial charge in [-0.25, -0.2) is 4.98 Å². The Kier molecular flexibility index (Phi) is 4.86. The smallest absolute Gasteiger partial charge is 0.222 e. The van der Waals surface area contributed by atoms with Gasteiger partial charge in [-0.15, -0.1) is 11.3 Å². The van der Waals surface area contributed by atoms with E-state index in [1.807, 2.05) is 26.1 Å². The first-order valence-corrected chi connectivity index (χ1v) is 10.4. The molecule has 0 aliphatic heterocycles. The Bertz CT molecular complexity index is 1010. The van der Waals surface area contributed by atoms with Crippen molar-refractivity contribution in [2.24, 2.45) is 5.92 Å². The summed E-state index contributed by atoms with van der Waals surface area (Å²) in [6, 6.07) is 6.26. The number of hydrogen-bond donors (Lipinski definition) is 2.